The molecule has 0 spiro atoms. The number of allylic oxidation sites excluding steroid dienone is 1. The third kappa shape index (κ3) is 4.40. The van der Waals surface area contributed by atoms with Gasteiger partial charge in [-0.05, 0) is 46.1 Å². The molecule has 0 saturated heterocycles. The van der Waals surface area contributed by atoms with Gasteiger partial charge in [0.05, 0.1) is 13.0 Å². The van der Waals surface area contributed by atoms with Crippen LogP contribution in [-0.2, 0) is 25.5 Å². The average molecular weight is 358 g/mol. The lowest BCUT2D eigenvalue weighted by Crippen LogP contribution is -2.42. The van der Waals surface area contributed by atoms with E-state index in [1.807, 2.05) is 12.1 Å². The molecule has 0 aromatic heterocycles. The van der Waals surface area contributed by atoms with E-state index in [9.17, 15) is 14.4 Å². The van der Waals surface area contributed by atoms with E-state index >= 15 is 0 Å². The Morgan fingerprint density at radius 3 is 2.50 bits per heavy atom. The molecule has 1 aromatic rings. The van der Waals surface area contributed by atoms with Gasteiger partial charge >= 0.3 is 11.9 Å². The van der Waals surface area contributed by atoms with E-state index in [4.69, 9.17) is 9.47 Å². The van der Waals surface area contributed by atoms with Crippen LogP contribution in [0.25, 0.3) is 0 Å². The molecule has 0 saturated carbocycles. The number of rotatable bonds is 6. The Morgan fingerprint density at radius 1 is 1.19 bits per heavy atom. The standard InChI is InChI=1S/C21H26O5/c1-5-25-17(22)12-8-9-13-21(19(24)26-20(2,3)4)14-15-10-6-7-11-16(15)18(21)23/h6-11H,5,12-14H2,1-4H3/b9-8-/t21-/m1/s1. The third-order valence-electron chi connectivity index (χ3n) is 4.20. The van der Waals surface area contributed by atoms with Gasteiger partial charge in [-0.2, -0.15) is 0 Å². The van der Waals surface area contributed by atoms with E-state index in [2.05, 4.69) is 0 Å². The van der Waals surface area contributed by atoms with Gasteiger partial charge < -0.3 is 9.47 Å². The van der Waals surface area contributed by atoms with E-state index in [-0.39, 0.29) is 24.6 Å². The molecule has 1 aromatic carbocycles. The highest BCUT2D eigenvalue weighted by molar-refractivity contribution is 6.16. The summed E-state index contributed by atoms with van der Waals surface area (Å²) in [7, 11) is 0. The van der Waals surface area contributed by atoms with Crippen molar-refractivity contribution in [2.45, 2.75) is 52.6 Å². The minimum Gasteiger partial charge on any atom is -0.466 e. The summed E-state index contributed by atoms with van der Waals surface area (Å²) in [5.74, 6) is -1.08. The van der Waals surface area contributed by atoms with Gasteiger partial charge in [0.25, 0.3) is 0 Å². The Labute approximate surface area is 154 Å². The van der Waals surface area contributed by atoms with Crippen molar-refractivity contribution < 1.29 is 23.9 Å². The number of benzene rings is 1. The summed E-state index contributed by atoms with van der Waals surface area (Å²) in [6.45, 7) is 7.40. The molecule has 140 valence electrons. The first-order valence-electron chi connectivity index (χ1n) is 8.86. The summed E-state index contributed by atoms with van der Waals surface area (Å²) < 4.78 is 10.4. The van der Waals surface area contributed by atoms with E-state index < -0.39 is 17.0 Å². The molecule has 26 heavy (non-hydrogen) atoms. The zero-order valence-electron chi connectivity index (χ0n) is 15.8. The van der Waals surface area contributed by atoms with Crippen molar-refractivity contribution in [1.29, 1.82) is 0 Å². The van der Waals surface area contributed by atoms with Crippen LogP contribution in [0.2, 0.25) is 0 Å². The molecule has 0 N–H and O–H groups in total. The zero-order chi connectivity index (χ0) is 19.4. The fourth-order valence-electron chi connectivity index (χ4n) is 3.03. The first-order chi connectivity index (χ1) is 12.2. The molecule has 1 atom stereocenters. The first kappa shape index (κ1) is 19.9. The van der Waals surface area contributed by atoms with Crippen LogP contribution in [0.15, 0.2) is 36.4 Å². The molecule has 1 aliphatic rings. The predicted molar refractivity (Wildman–Crippen MR) is 97.8 cm³/mol. The Balaban J connectivity index is 2.24. The molecule has 2 rings (SSSR count). The van der Waals surface area contributed by atoms with Gasteiger partial charge in [-0.1, -0.05) is 36.4 Å². The number of hydrogen-bond acceptors (Lipinski definition) is 5. The Kier molecular flexibility index (Phi) is 6.01. The van der Waals surface area contributed by atoms with Gasteiger partial charge in [0.15, 0.2) is 5.78 Å². The lowest BCUT2D eigenvalue weighted by molar-refractivity contribution is -0.164. The quantitative estimate of drug-likeness (QED) is 0.441. The summed E-state index contributed by atoms with van der Waals surface area (Å²) in [6.07, 6.45) is 3.94. The van der Waals surface area contributed by atoms with Crippen LogP contribution in [0.3, 0.4) is 0 Å². The predicted octanol–water partition coefficient (Wildman–Crippen LogP) is 3.65. The van der Waals surface area contributed by atoms with Gasteiger partial charge in [-0.25, -0.2) is 0 Å². The highest BCUT2D eigenvalue weighted by Crippen LogP contribution is 2.42. The normalized spacial score (nSPS) is 19.5. The second-order valence-electron chi connectivity index (χ2n) is 7.43. The Hall–Kier alpha value is -2.43. The highest BCUT2D eigenvalue weighted by atomic mass is 16.6. The van der Waals surface area contributed by atoms with Crippen LogP contribution in [0.1, 0.15) is 56.5 Å². The Bertz CT molecular complexity index is 726. The molecule has 0 amide bonds. The van der Waals surface area contributed by atoms with Crippen molar-refractivity contribution in [3.05, 3.63) is 47.5 Å². The van der Waals surface area contributed by atoms with E-state index in [1.54, 1.807) is 52.0 Å². The zero-order valence-corrected chi connectivity index (χ0v) is 15.8. The molecule has 0 radical (unpaired) electrons. The van der Waals surface area contributed by atoms with Crippen LogP contribution < -0.4 is 0 Å². The average Bonchev–Trinajstić information content (AvgIpc) is 2.84. The van der Waals surface area contributed by atoms with Gasteiger partial charge in [-0.15, -0.1) is 0 Å². The second-order valence-corrected chi connectivity index (χ2v) is 7.43. The number of carbonyl (C=O) groups is 3. The lowest BCUT2D eigenvalue weighted by atomic mass is 9.80. The van der Waals surface area contributed by atoms with Crippen LogP contribution in [0.4, 0.5) is 0 Å². The van der Waals surface area contributed by atoms with E-state index in [1.165, 1.54) is 0 Å². The minimum atomic E-state index is -1.28. The van der Waals surface area contributed by atoms with Gasteiger partial charge in [-0.3, -0.25) is 14.4 Å². The number of ketones is 1. The molecule has 1 aliphatic carbocycles. The molecular formula is C21H26O5. The summed E-state index contributed by atoms with van der Waals surface area (Å²) in [5, 5.41) is 0. The first-order valence-corrected chi connectivity index (χ1v) is 8.86. The fourth-order valence-corrected chi connectivity index (χ4v) is 3.03. The summed E-state index contributed by atoms with van der Waals surface area (Å²) in [6, 6.07) is 7.25. The summed E-state index contributed by atoms with van der Waals surface area (Å²) >= 11 is 0. The second kappa shape index (κ2) is 7.85. The number of esters is 2. The lowest BCUT2D eigenvalue weighted by Gasteiger charge is -2.29. The maximum atomic E-state index is 13.1. The molecule has 0 aliphatic heterocycles. The molecule has 0 bridgehead atoms. The maximum Gasteiger partial charge on any atom is 0.321 e. The molecular weight excluding hydrogens is 332 g/mol. The maximum absolute atomic E-state index is 13.1. The topological polar surface area (TPSA) is 69.7 Å². The number of ether oxygens (including phenoxy) is 2. The van der Waals surface area contributed by atoms with Crippen molar-refractivity contribution in [3.8, 4) is 0 Å². The Morgan fingerprint density at radius 2 is 1.88 bits per heavy atom. The third-order valence-corrected chi connectivity index (χ3v) is 4.20. The SMILES string of the molecule is CCOC(=O)C/C=C\C[C@@]1(C(=O)OC(C)(C)C)Cc2ccccc2C1=O. The van der Waals surface area contributed by atoms with E-state index in [0.717, 1.165) is 5.56 Å². The van der Waals surface area contributed by atoms with E-state index in [0.29, 0.717) is 18.6 Å². The van der Waals surface area contributed by atoms with Crippen molar-refractivity contribution in [2.75, 3.05) is 6.61 Å². The molecule has 0 unspecified atom stereocenters. The largest absolute Gasteiger partial charge is 0.466 e. The molecule has 0 heterocycles. The molecule has 5 heteroatoms. The van der Waals surface area contributed by atoms with Crippen molar-refractivity contribution in [3.63, 3.8) is 0 Å². The summed E-state index contributed by atoms with van der Waals surface area (Å²) in [5.41, 5.74) is -0.546. The fraction of sp³-hybridized carbons (Fsp3) is 0.476. The van der Waals surface area contributed by atoms with Gasteiger partial charge in [0.2, 0.25) is 0 Å². The van der Waals surface area contributed by atoms with Gasteiger partial charge in [0.1, 0.15) is 11.0 Å². The van der Waals surface area contributed by atoms with Gasteiger partial charge in [0, 0.05) is 5.56 Å². The van der Waals surface area contributed by atoms with Crippen LogP contribution in [0, 0.1) is 5.41 Å². The van der Waals surface area contributed by atoms with Crippen LogP contribution >= 0.6 is 0 Å². The van der Waals surface area contributed by atoms with Crippen molar-refractivity contribution >= 4 is 17.7 Å². The summed E-state index contributed by atoms with van der Waals surface area (Å²) in [4.78, 5) is 37.4. The van der Waals surface area contributed by atoms with Crippen LogP contribution in [0.5, 0.6) is 0 Å². The number of carbonyl (C=O) groups excluding carboxylic acids is 3. The number of fused-ring (bicyclic) bond motifs is 1. The molecule has 0 fully saturated rings. The van der Waals surface area contributed by atoms with Crippen molar-refractivity contribution in [2.24, 2.45) is 5.41 Å². The highest BCUT2D eigenvalue weighted by Gasteiger charge is 2.52. The van der Waals surface area contributed by atoms with Crippen molar-refractivity contribution in [1.82, 2.24) is 0 Å². The minimum absolute atomic E-state index is 0.110. The molecule has 5 nitrogen and oxygen atoms in total. The monoisotopic (exact) mass is 358 g/mol. The number of Topliss-reactive ketones (excluding diaryl/α,β-unsaturated/α-hetero) is 1. The smallest absolute Gasteiger partial charge is 0.321 e. The number of hydrogen-bond donors (Lipinski definition) is 0. The van der Waals surface area contributed by atoms with Crippen LogP contribution in [-0.4, -0.2) is 29.9 Å².